The van der Waals surface area contributed by atoms with Gasteiger partial charge in [0.15, 0.2) is 0 Å². The Labute approximate surface area is 121 Å². The van der Waals surface area contributed by atoms with Gasteiger partial charge in [0.2, 0.25) is 0 Å². The third-order valence-corrected chi connectivity index (χ3v) is 3.78. The van der Waals surface area contributed by atoms with Crippen molar-refractivity contribution in [3.63, 3.8) is 0 Å². The summed E-state index contributed by atoms with van der Waals surface area (Å²) in [5.41, 5.74) is 1.26. The SMILES string of the molecule is Cc1ccc(OCC2(O)CCCC2)c(CNC(C)C)n1. The lowest BCUT2D eigenvalue weighted by Gasteiger charge is -2.23. The third-order valence-electron chi connectivity index (χ3n) is 3.78. The minimum Gasteiger partial charge on any atom is -0.489 e. The largest absolute Gasteiger partial charge is 0.489 e. The van der Waals surface area contributed by atoms with E-state index in [-0.39, 0.29) is 0 Å². The van der Waals surface area contributed by atoms with Crippen LogP contribution in [0.3, 0.4) is 0 Å². The maximum atomic E-state index is 10.4. The molecule has 20 heavy (non-hydrogen) atoms. The zero-order valence-corrected chi connectivity index (χ0v) is 12.8. The van der Waals surface area contributed by atoms with E-state index in [1.165, 1.54) is 0 Å². The Morgan fingerprint density at radius 2 is 2.05 bits per heavy atom. The maximum Gasteiger partial charge on any atom is 0.142 e. The lowest BCUT2D eigenvalue weighted by atomic mass is 10.0. The van der Waals surface area contributed by atoms with Gasteiger partial charge in [0.25, 0.3) is 0 Å². The third kappa shape index (κ3) is 4.18. The topological polar surface area (TPSA) is 54.4 Å². The normalized spacial score (nSPS) is 17.6. The van der Waals surface area contributed by atoms with Crippen molar-refractivity contribution in [1.82, 2.24) is 10.3 Å². The molecular weight excluding hydrogens is 252 g/mol. The Balaban J connectivity index is 2.02. The van der Waals surface area contributed by atoms with Crippen LogP contribution in [0.2, 0.25) is 0 Å². The first-order chi connectivity index (χ1) is 9.48. The van der Waals surface area contributed by atoms with Crippen molar-refractivity contribution in [1.29, 1.82) is 0 Å². The van der Waals surface area contributed by atoms with E-state index in [2.05, 4.69) is 24.1 Å². The van der Waals surface area contributed by atoms with Gasteiger partial charge in [0, 0.05) is 18.3 Å². The van der Waals surface area contributed by atoms with Gasteiger partial charge in [0.1, 0.15) is 12.4 Å². The summed E-state index contributed by atoms with van der Waals surface area (Å²) >= 11 is 0. The molecule has 2 N–H and O–H groups in total. The number of hydrogen-bond donors (Lipinski definition) is 2. The molecule has 4 nitrogen and oxygen atoms in total. The summed E-state index contributed by atoms with van der Waals surface area (Å²) in [5.74, 6) is 0.782. The van der Waals surface area contributed by atoms with Crippen LogP contribution >= 0.6 is 0 Å². The smallest absolute Gasteiger partial charge is 0.142 e. The molecule has 0 saturated heterocycles. The number of ether oxygens (including phenoxy) is 1. The van der Waals surface area contributed by atoms with Crippen LogP contribution in [0.15, 0.2) is 12.1 Å². The number of hydrogen-bond acceptors (Lipinski definition) is 4. The van der Waals surface area contributed by atoms with Crippen LogP contribution in [-0.4, -0.2) is 28.3 Å². The van der Waals surface area contributed by atoms with Gasteiger partial charge in [-0.15, -0.1) is 0 Å². The summed E-state index contributed by atoms with van der Waals surface area (Å²) in [5, 5.41) is 13.7. The van der Waals surface area contributed by atoms with Crippen molar-refractivity contribution >= 4 is 0 Å². The molecule has 2 rings (SSSR count). The molecule has 1 saturated carbocycles. The van der Waals surface area contributed by atoms with E-state index in [1.54, 1.807) is 0 Å². The van der Waals surface area contributed by atoms with Crippen molar-refractivity contribution in [3.05, 3.63) is 23.5 Å². The molecule has 1 aromatic rings. The summed E-state index contributed by atoms with van der Waals surface area (Å²) in [6, 6.07) is 4.31. The second-order valence-electron chi connectivity index (χ2n) is 6.15. The molecule has 0 aromatic carbocycles. The fraction of sp³-hybridized carbons (Fsp3) is 0.688. The summed E-state index contributed by atoms with van der Waals surface area (Å²) in [7, 11) is 0. The van der Waals surface area contributed by atoms with Gasteiger partial charge in [0.05, 0.1) is 11.3 Å². The fourth-order valence-electron chi connectivity index (χ4n) is 2.55. The Kier molecular flexibility index (Phi) is 5.00. The van der Waals surface area contributed by atoms with Crippen molar-refractivity contribution in [2.45, 2.75) is 64.6 Å². The fourth-order valence-corrected chi connectivity index (χ4v) is 2.55. The van der Waals surface area contributed by atoms with Gasteiger partial charge in [-0.25, -0.2) is 0 Å². The molecule has 4 heteroatoms. The summed E-state index contributed by atoms with van der Waals surface area (Å²) in [6.07, 6.45) is 3.86. The highest BCUT2D eigenvalue weighted by Gasteiger charge is 2.32. The highest BCUT2D eigenvalue weighted by Crippen LogP contribution is 2.30. The van der Waals surface area contributed by atoms with Crippen LogP contribution in [0.25, 0.3) is 0 Å². The van der Waals surface area contributed by atoms with Crippen molar-refractivity contribution in [2.75, 3.05) is 6.61 Å². The van der Waals surface area contributed by atoms with Crippen LogP contribution in [0.4, 0.5) is 0 Å². The zero-order chi connectivity index (χ0) is 14.6. The minimum atomic E-state index is -0.645. The van der Waals surface area contributed by atoms with Crippen molar-refractivity contribution in [2.24, 2.45) is 0 Å². The summed E-state index contributed by atoms with van der Waals surface area (Å²) < 4.78 is 5.86. The first kappa shape index (κ1) is 15.3. The second kappa shape index (κ2) is 6.55. The molecule has 0 unspecified atom stereocenters. The van der Waals surface area contributed by atoms with Crippen LogP contribution in [0.5, 0.6) is 5.75 Å². The van der Waals surface area contributed by atoms with E-state index in [0.717, 1.165) is 42.8 Å². The quantitative estimate of drug-likeness (QED) is 0.840. The van der Waals surface area contributed by atoms with Gasteiger partial charge in [-0.05, 0) is 31.9 Å². The Morgan fingerprint density at radius 3 is 2.70 bits per heavy atom. The summed E-state index contributed by atoms with van der Waals surface area (Å²) in [4.78, 5) is 4.54. The van der Waals surface area contributed by atoms with Crippen LogP contribution in [0, 0.1) is 6.92 Å². The lowest BCUT2D eigenvalue weighted by Crippen LogP contribution is -2.32. The van der Waals surface area contributed by atoms with Crippen LogP contribution in [-0.2, 0) is 6.54 Å². The molecule has 112 valence electrons. The minimum absolute atomic E-state index is 0.367. The summed E-state index contributed by atoms with van der Waals surface area (Å²) in [6.45, 7) is 7.25. The second-order valence-corrected chi connectivity index (χ2v) is 6.15. The van der Waals surface area contributed by atoms with E-state index in [0.29, 0.717) is 19.2 Å². The van der Waals surface area contributed by atoms with Crippen LogP contribution < -0.4 is 10.1 Å². The lowest BCUT2D eigenvalue weighted by molar-refractivity contribution is 0.000964. The molecule has 1 aliphatic carbocycles. The number of rotatable bonds is 6. The first-order valence-corrected chi connectivity index (χ1v) is 7.54. The molecule has 0 spiro atoms. The average Bonchev–Trinajstić information content (AvgIpc) is 2.82. The molecule has 1 aliphatic rings. The average molecular weight is 278 g/mol. The Bertz CT molecular complexity index is 440. The van der Waals surface area contributed by atoms with Crippen molar-refractivity contribution < 1.29 is 9.84 Å². The zero-order valence-electron chi connectivity index (χ0n) is 12.8. The van der Waals surface area contributed by atoms with E-state index in [4.69, 9.17) is 4.74 Å². The van der Waals surface area contributed by atoms with Gasteiger partial charge >= 0.3 is 0 Å². The van der Waals surface area contributed by atoms with E-state index >= 15 is 0 Å². The van der Waals surface area contributed by atoms with Gasteiger partial charge in [-0.2, -0.15) is 0 Å². The standard InChI is InChI=1S/C16H26N2O2/c1-12(2)17-10-14-15(7-6-13(3)18-14)20-11-16(19)8-4-5-9-16/h6-7,12,17,19H,4-5,8-11H2,1-3H3. The number of aromatic nitrogens is 1. The first-order valence-electron chi connectivity index (χ1n) is 7.54. The molecular formula is C16H26N2O2. The molecule has 0 bridgehead atoms. The predicted octanol–water partition coefficient (Wildman–Crippen LogP) is 2.57. The van der Waals surface area contributed by atoms with E-state index < -0.39 is 5.60 Å². The monoisotopic (exact) mass is 278 g/mol. The molecule has 0 amide bonds. The molecule has 1 aromatic heterocycles. The Morgan fingerprint density at radius 1 is 1.35 bits per heavy atom. The predicted molar refractivity (Wildman–Crippen MR) is 79.9 cm³/mol. The number of nitrogens with zero attached hydrogens (tertiary/aromatic N) is 1. The van der Waals surface area contributed by atoms with E-state index in [1.807, 2.05) is 19.1 Å². The highest BCUT2D eigenvalue weighted by atomic mass is 16.5. The molecule has 1 fully saturated rings. The molecule has 0 aliphatic heterocycles. The number of aliphatic hydroxyl groups is 1. The number of nitrogens with one attached hydrogen (secondary N) is 1. The Hall–Kier alpha value is -1.13. The number of aryl methyl sites for hydroxylation is 1. The molecule has 0 radical (unpaired) electrons. The van der Waals surface area contributed by atoms with Gasteiger partial charge < -0.3 is 15.2 Å². The molecule has 0 atom stereocenters. The maximum absolute atomic E-state index is 10.4. The number of pyridine rings is 1. The van der Waals surface area contributed by atoms with Crippen molar-refractivity contribution in [3.8, 4) is 5.75 Å². The highest BCUT2D eigenvalue weighted by molar-refractivity contribution is 5.29. The van der Waals surface area contributed by atoms with Gasteiger partial charge in [-0.3, -0.25) is 4.98 Å². The van der Waals surface area contributed by atoms with E-state index in [9.17, 15) is 5.11 Å². The van der Waals surface area contributed by atoms with Gasteiger partial charge in [-0.1, -0.05) is 26.7 Å². The van der Waals surface area contributed by atoms with Crippen LogP contribution in [0.1, 0.15) is 50.9 Å². The molecule has 1 heterocycles.